The topological polar surface area (TPSA) is 93.0 Å². The molecule has 2 saturated heterocycles. The van der Waals surface area contributed by atoms with Gasteiger partial charge in [0.2, 0.25) is 10.0 Å². The van der Waals surface area contributed by atoms with Crippen molar-refractivity contribution in [1.82, 2.24) is 4.31 Å². The van der Waals surface area contributed by atoms with Crippen molar-refractivity contribution in [3.63, 3.8) is 0 Å². The average Bonchev–Trinajstić information content (AvgIpc) is 2.68. The van der Waals surface area contributed by atoms with E-state index < -0.39 is 14.9 Å². The molecule has 2 heterocycles. The van der Waals surface area contributed by atoms with Gasteiger partial charge in [-0.25, -0.2) is 8.42 Å². The van der Waals surface area contributed by atoms with Gasteiger partial charge in [-0.05, 0) is 37.3 Å². The number of methoxy groups -OCH3 is 1. The van der Waals surface area contributed by atoms with E-state index in [0.29, 0.717) is 37.8 Å². The molecule has 150 valence electrons. The Bertz CT molecular complexity index is 792. The molecule has 0 aromatic heterocycles. The number of hydrogen-bond donors (Lipinski definition) is 0. The molecule has 3 rings (SSSR count). The first-order chi connectivity index (χ1) is 12.8. The fraction of sp³-hybridized carbons (Fsp3) is 0.667. The van der Waals surface area contributed by atoms with Crippen molar-refractivity contribution in [1.29, 1.82) is 0 Å². The van der Waals surface area contributed by atoms with E-state index in [0.717, 1.165) is 25.7 Å². The summed E-state index contributed by atoms with van der Waals surface area (Å²) in [6.07, 6.45) is 3.52. The molecule has 8 nitrogen and oxygen atoms in total. The molecule has 0 radical (unpaired) electrons. The van der Waals surface area contributed by atoms with E-state index in [2.05, 4.69) is 6.92 Å². The van der Waals surface area contributed by atoms with Gasteiger partial charge in [0.15, 0.2) is 0 Å². The van der Waals surface area contributed by atoms with E-state index >= 15 is 0 Å². The standard InChI is InChI=1S/C18H27N3O5S/c1-14-8-11-19(13-18(14)26-2)16-7-6-15(12-17(16)21(22)23)27(24,25)20-9-4-3-5-10-20/h6-7,12,14,18H,3-5,8-11,13H2,1-2H3. The van der Waals surface area contributed by atoms with Crippen LogP contribution < -0.4 is 4.90 Å². The van der Waals surface area contributed by atoms with E-state index in [1.807, 2.05) is 4.90 Å². The maximum Gasteiger partial charge on any atom is 0.293 e. The van der Waals surface area contributed by atoms with Crippen LogP contribution in [0.2, 0.25) is 0 Å². The summed E-state index contributed by atoms with van der Waals surface area (Å²) in [5.41, 5.74) is 0.282. The van der Waals surface area contributed by atoms with Gasteiger partial charge >= 0.3 is 0 Å². The largest absolute Gasteiger partial charge is 0.379 e. The molecule has 0 spiro atoms. The first kappa shape index (κ1) is 20.0. The Labute approximate surface area is 160 Å². The molecule has 2 atom stereocenters. The van der Waals surface area contributed by atoms with Crippen molar-refractivity contribution in [2.24, 2.45) is 5.92 Å². The number of nitrogens with zero attached hydrogens (tertiary/aromatic N) is 3. The van der Waals surface area contributed by atoms with Crippen LogP contribution in [0.5, 0.6) is 0 Å². The Hall–Kier alpha value is -1.71. The monoisotopic (exact) mass is 397 g/mol. The van der Waals surface area contributed by atoms with Gasteiger partial charge in [0.1, 0.15) is 5.69 Å². The van der Waals surface area contributed by atoms with E-state index in [1.165, 1.54) is 16.4 Å². The van der Waals surface area contributed by atoms with Crippen LogP contribution in [0.15, 0.2) is 23.1 Å². The van der Waals surface area contributed by atoms with Crippen molar-refractivity contribution in [3.05, 3.63) is 28.3 Å². The number of piperidine rings is 2. The van der Waals surface area contributed by atoms with Gasteiger partial charge in [-0.1, -0.05) is 13.3 Å². The van der Waals surface area contributed by atoms with Crippen LogP contribution in [-0.4, -0.2) is 57.0 Å². The van der Waals surface area contributed by atoms with E-state index in [1.54, 1.807) is 13.2 Å². The summed E-state index contributed by atoms with van der Waals surface area (Å²) < 4.78 is 32.6. The number of anilines is 1. The summed E-state index contributed by atoms with van der Waals surface area (Å²) in [6, 6.07) is 4.27. The van der Waals surface area contributed by atoms with E-state index in [-0.39, 0.29) is 16.7 Å². The third kappa shape index (κ3) is 4.09. The molecule has 1 aromatic carbocycles. The number of ether oxygens (including phenoxy) is 1. The first-order valence-electron chi connectivity index (χ1n) is 9.41. The highest BCUT2D eigenvalue weighted by Gasteiger charge is 2.32. The maximum absolute atomic E-state index is 12.9. The lowest BCUT2D eigenvalue weighted by molar-refractivity contribution is -0.384. The molecule has 0 amide bonds. The summed E-state index contributed by atoms with van der Waals surface area (Å²) in [7, 11) is -2.06. The highest BCUT2D eigenvalue weighted by Crippen LogP contribution is 2.35. The van der Waals surface area contributed by atoms with Crippen molar-refractivity contribution < 1.29 is 18.1 Å². The molecule has 2 aliphatic heterocycles. The van der Waals surface area contributed by atoms with Crippen molar-refractivity contribution in [3.8, 4) is 0 Å². The molecule has 27 heavy (non-hydrogen) atoms. The van der Waals surface area contributed by atoms with Crippen LogP contribution in [0.4, 0.5) is 11.4 Å². The van der Waals surface area contributed by atoms with Crippen LogP contribution in [0.25, 0.3) is 0 Å². The van der Waals surface area contributed by atoms with Crippen molar-refractivity contribution >= 4 is 21.4 Å². The summed E-state index contributed by atoms with van der Waals surface area (Å²) >= 11 is 0. The molecule has 0 N–H and O–H groups in total. The fourth-order valence-corrected chi connectivity index (χ4v) is 5.43. The number of sulfonamides is 1. The Kier molecular flexibility index (Phi) is 6.02. The van der Waals surface area contributed by atoms with Gasteiger partial charge in [0.25, 0.3) is 5.69 Å². The lowest BCUT2D eigenvalue weighted by Crippen LogP contribution is -2.44. The minimum atomic E-state index is -3.70. The van der Waals surface area contributed by atoms with Crippen molar-refractivity contribution in [2.45, 2.75) is 43.6 Å². The molecule has 2 unspecified atom stereocenters. The molecule has 0 saturated carbocycles. The van der Waals surface area contributed by atoms with Gasteiger partial charge in [0, 0.05) is 39.4 Å². The molecule has 0 aliphatic carbocycles. The van der Waals surface area contributed by atoms with Crippen LogP contribution in [0.1, 0.15) is 32.6 Å². The zero-order valence-corrected chi connectivity index (χ0v) is 16.7. The number of benzene rings is 1. The van der Waals surface area contributed by atoms with Gasteiger partial charge < -0.3 is 9.64 Å². The Morgan fingerprint density at radius 2 is 1.89 bits per heavy atom. The second-order valence-corrected chi connectivity index (χ2v) is 9.30. The zero-order chi connectivity index (χ0) is 19.6. The normalized spacial score (nSPS) is 24.7. The Morgan fingerprint density at radius 1 is 1.19 bits per heavy atom. The van der Waals surface area contributed by atoms with Crippen LogP contribution in [-0.2, 0) is 14.8 Å². The summed E-state index contributed by atoms with van der Waals surface area (Å²) in [5, 5.41) is 11.7. The molecule has 2 fully saturated rings. The summed E-state index contributed by atoms with van der Waals surface area (Å²) in [6.45, 7) is 4.28. The maximum atomic E-state index is 12.9. The third-order valence-electron chi connectivity index (χ3n) is 5.63. The highest BCUT2D eigenvalue weighted by atomic mass is 32.2. The second kappa shape index (κ2) is 8.12. The summed E-state index contributed by atoms with van der Waals surface area (Å²) in [5.74, 6) is 0.379. The van der Waals surface area contributed by atoms with Crippen molar-refractivity contribution in [2.75, 3.05) is 38.2 Å². The third-order valence-corrected chi connectivity index (χ3v) is 7.52. The smallest absolute Gasteiger partial charge is 0.293 e. The minimum absolute atomic E-state index is 0.00452. The van der Waals surface area contributed by atoms with Crippen LogP contribution in [0, 0.1) is 16.0 Å². The lowest BCUT2D eigenvalue weighted by atomic mass is 9.95. The first-order valence-corrected chi connectivity index (χ1v) is 10.8. The van der Waals surface area contributed by atoms with Gasteiger partial charge in [-0.3, -0.25) is 10.1 Å². The van der Waals surface area contributed by atoms with Gasteiger partial charge in [-0.2, -0.15) is 4.31 Å². The summed E-state index contributed by atoms with van der Waals surface area (Å²) in [4.78, 5) is 13.1. The number of hydrogen-bond acceptors (Lipinski definition) is 6. The van der Waals surface area contributed by atoms with Gasteiger partial charge in [0.05, 0.1) is 15.9 Å². The number of nitro benzene ring substituents is 1. The highest BCUT2D eigenvalue weighted by molar-refractivity contribution is 7.89. The minimum Gasteiger partial charge on any atom is -0.379 e. The van der Waals surface area contributed by atoms with E-state index in [4.69, 9.17) is 4.74 Å². The number of nitro groups is 1. The van der Waals surface area contributed by atoms with E-state index in [9.17, 15) is 18.5 Å². The predicted octanol–water partition coefficient (Wildman–Crippen LogP) is 2.63. The van der Waals surface area contributed by atoms with Crippen LogP contribution in [0.3, 0.4) is 0 Å². The average molecular weight is 397 g/mol. The molecule has 1 aromatic rings. The zero-order valence-electron chi connectivity index (χ0n) is 15.8. The predicted molar refractivity (Wildman–Crippen MR) is 102 cm³/mol. The Morgan fingerprint density at radius 3 is 2.52 bits per heavy atom. The molecular formula is C18H27N3O5S. The van der Waals surface area contributed by atoms with Gasteiger partial charge in [-0.15, -0.1) is 0 Å². The molecule has 2 aliphatic rings. The second-order valence-electron chi connectivity index (χ2n) is 7.36. The quantitative estimate of drug-likeness (QED) is 0.560. The lowest BCUT2D eigenvalue weighted by Gasteiger charge is -2.37. The number of rotatable bonds is 5. The molecular weight excluding hydrogens is 370 g/mol. The SMILES string of the molecule is COC1CN(c2ccc(S(=O)(=O)N3CCCCC3)cc2[N+](=O)[O-])CCC1C. The fourth-order valence-electron chi connectivity index (χ4n) is 3.89. The molecule has 0 bridgehead atoms. The van der Waals surface area contributed by atoms with Crippen LogP contribution >= 0.6 is 0 Å². The molecule has 9 heteroatoms. The Balaban J connectivity index is 1.92.